The molecule has 0 radical (unpaired) electrons. The molecule has 0 spiro atoms. The van der Waals surface area contributed by atoms with Crippen LogP contribution < -0.4 is 10.6 Å². The zero-order valence-corrected chi connectivity index (χ0v) is 26.1. The quantitative estimate of drug-likeness (QED) is 0.105. The van der Waals surface area contributed by atoms with Gasteiger partial charge in [0.25, 0.3) is 11.8 Å². The zero-order chi connectivity index (χ0) is 32.8. The van der Waals surface area contributed by atoms with Gasteiger partial charge in [-0.25, -0.2) is 0 Å². The number of phenols is 2. The maximum absolute atomic E-state index is 13.8. The van der Waals surface area contributed by atoms with Crippen molar-refractivity contribution < 1.29 is 29.4 Å². The van der Waals surface area contributed by atoms with Gasteiger partial charge < -0.3 is 20.8 Å². The summed E-state index contributed by atoms with van der Waals surface area (Å²) in [5, 5.41) is 26.7. The molecule has 1 aliphatic rings. The summed E-state index contributed by atoms with van der Waals surface area (Å²) in [7, 11) is 0. The van der Waals surface area contributed by atoms with E-state index in [0.717, 1.165) is 62.5 Å². The van der Waals surface area contributed by atoms with Crippen molar-refractivity contribution in [1.82, 2.24) is 0 Å². The third kappa shape index (κ3) is 6.71. The molecule has 5 rings (SSSR count). The fourth-order valence-corrected chi connectivity index (χ4v) is 5.82. The van der Waals surface area contributed by atoms with Gasteiger partial charge in [-0.3, -0.25) is 19.2 Å². The Labute approximate surface area is 268 Å². The van der Waals surface area contributed by atoms with Crippen LogP contribution in [0.2, 0.25) is 0 Å². The number of benzene rings is 4. The number of hydrogen-bond acceptors (Lipinski definition) is 6. The number of unbranched alkanes of at least 4 members (excludes halogenated alkanes) is 4. The van der Waals surface area contributed by atoms with E-state index >= 15 is 0 Å². The highest BCUT2D eigenvalue weighted by Crippen LogP contribution is 2.37. The summed E-state index contributed by atoms with van der Waals surface area (Å²) in [4.78, 5) is 54.4. The molecule has 4 aromatic rings. The summed E-state index contributed by atoms with van der Waals surface area (Å²) >= 11 is 0. The molecule has 0 unspecified atom stereocenters. The molecule has 0 bridgehead atoms. The number of carbonyl (C=O) groups is 4. The van der Waals surface area contributed by atoms with E-state index in [9.17, 15) is 29.4 Å². The molecule has 0 saturated heterocycles. The fourth-order valence-electron chi connectivity index (χ4n) is 5.82. The highest BCUT2D eigenvalue weighted by molar-refractivity contribution is 6.33. The van der Waals surface area contributed by atoms with Crippen molar-refractivity contribution >= 4 is 34.8 Å². The van der Waals surface area contributed by atoms with Gasteiger partial charge in [-0.2, -0.15) is 0 Å². The minimum absolute atomic E-state index is 0.0222. The molecule has 4 aromatic carbocycles. The number of carbonyl (C=O) groups excluding carboxylic acids is 4. The minimum Gasteiger partial charge on any atom is -0.507 e. The topological polar surface area (TPSA) is 133 Å². The molecule has 1 aliphatic carbocycles. The Hall–Kier alpha value is -5.24. The van der Waals surface area contributed by atoms with Crippen molar-refractivity contribution in [2.24, 2.45) is 0 Å². The number of ketones is 2. The molecule has 8 nitrogen and oxygen atoms in total. The van der Waals surface area contributed by atoms with Crippen LogP contribution in [-0.2, 0) is 12.8 Å². The fraction of sp³-hybridized carbons (Fsp3) is 0.263. The van der Waals surface area contributed by atoms with Gasteiger partial charge in [0.05, 0.1) is 33.6 Å². The smallest absolute Gasteiger partial charge is 0.259 e. The van der Waals surface area contributed by atoms with Gasteiger partial charge in [-0.05, 0) is 73.2 Å². The Kier molecular flexibility index (Phi) is 9.96. The number of rotatable bonds is 12. The monoisotopic (exact) mass is 618 g/mol. The second-order valence-electron chi connectivity index (χ2n) is 11.6. The first-order chi connectivity index (χ1) is 22.2. The molecule has 4 N–H and O–H groups in total. The lowest BCUT2D eigenvalue weighted by molar-refractivity contribution is 0.0977. The second-order valence-corrected chi connectivity index (χ2v) is 11.6. The van der Waals surface area contributed by atoms with Crippen LogP contribution in [0, 0.1) is 0 Å². The molecule has 0 aliphatic heterocycles. The number of hydrogen-bond donors (Lipinski definition) is 4. The average molecular weight is 619 g/mol. The van der Waals surface area contributed by atoms with Crippen molar-refractivity contribution in [2.45, 2.75) is 65.2 Å². The zero-order valence-electron chi connectivity index (χ0n) is 26.1. The summed E-state index contributed by atoms with van der Waals surface area (Å²) in [5.74, 6) is -2.67. The van der Waals surface area contributed by atoms with Crippen molar-refractivity contribution in [1.29, 1.82) is 0 Å². The number of amides is 2. The summed E-state index contributed by atoms with van der Waals surface area (Å²) in [6.07, 6.45) is 7.76. The lowest BCUT2D eigenvalue weighted by Crippen LogP contribution is -2.26. The normalized spacial score (nSPS) is 12.0. The largest absolute Gasteiger partial charge is 0.507 e. The molecule has 0 aromatic heterocycles. The van der Waals surface area contributed by atoms with Crippen molar-refractivity contribution in [2.75, 3.05) is 10.6 Å². The van der Waals surface area contributed by atoms with Gasteiger partial charge >= 0.3 is 0 Å². The Balaban J connectivity index is 1.47. The van der Waals surface area contributed by atoms with Crippen LogP contribution in [0.4, 0.5) is 11.4 Å². The minimum atomic E-state index is -0.653. The van der Waals surface area contributed by atoms with E-state index in [2.05, 4.69) is 24.5 Å². The van der Waals surface area contributed by atoms with Crippen LogP contribution >= 0.6 is 0 Å². The first-order valence-corrected chi connectivity index (χ1v) is 15.8. The Morgan fingerprint density at radius 3 is 1.37 bits per heavy atom. The molecule has 0 heterocycles. The van der Waals surface area contributed by atoms with Crippen molar-refractivity contribution in [3.63, 3.8) is 0 Å². The molecule has 2 amide bonds. The van der Waals surface area contributed by atoms with Crippen LogP contribution in [0.1, 0.15) is 116 Å². The number of fused-ring (bicyclic) bond motifs is 2. The maximum Gasteiger partial charge on any atom is 0.259 e. The summed E-state index contributed by atoms with van der Waals surface area (Å²) in [6.45, 7) is 4.22. The molecule has 0 atom stereocenters. The van der Waals surface area contributed by atoms with Crippen LogP contribution in [0.25, 0.3) is 0 Å². The standard InChI is InChI=1S/C38H38N2O6/c1-3-5-7-11-23-15-17-27(31(41)21-23)37(45)39-29-19-20-30(34-33(29)35(43)25-13-9-10-14-26(25)36(34)44)40-38(46)28-18-16-24(22-32(28)42)12-8-6-4-2/h9-10,13-22,41-42H,3-8,11-12H2,1-2H3,(H,39,45)(H,40,46). The van der Waals surface area contributed by atoms with E-state index in [0.29, 0.717) is 0 Å². The number of anilines is 2. The average Bonchev–Trinajstić information content (AvgIpc) is 3.04. The summed E-state index contributed by atoms with van der Waals surface area (Å²) < 4.78 is 0. The van der Waals surface area contributed by atoms with Gasteiger partial charge in [0.15, 0.2) is 11.6 Å². The first kappa shape index (κ1) is 32.2. The first-order valence-electron chi connectivity index (χ1n) is 15.8. The predicted molar refractivity (Wildman–Crippen MR) is 178 cm³/mol. The van der Waals surface area contributed by atoms with E-state index in [1.807, 2.05) is 0 Å². The third-order valence-corrected chi connectivity index (χ3v) is 8.32. The molecule has 0 fully saturated rings. The molecular weight excluding hydrogens is 580 g/mol. The van der Waals surface area contributed by atoms with E-state index < -0.39 is 23.4 Å². The van der Waals surface area contributed by atoms with Crippen LogP contribution in [-0.4, -0.2) is 33.6 Å². The Morgan fingerprint density at radius 1 is 0.587 bits per heavy atom. The van der Waals surface area contributed by atoms with Crippen LogP contribution in [0.3, 0.4) is 0 Å². The van der Waals surface area contributed by atoms with E-state index in [4.69, 9.17) is 0 Å². The highest BCUT2D eigenvalue weighted by Gasteiger charge is 2.35. The van der Waals surface area contributed by atoms with Gasteiger partial charge in [0.2, 0.25) is 0 Å². The Morgan fingerprint density at radius 2 is 1.00 bits per heavy atom. The Bertz CT molecular complexity index is 1690. The second kappa shape index (κ2) is 14.2. The lowest BCUT2D eigenvalue weighted by atomic mass is 9.82. The van der Waals surface area contributed by atoms with E-state index in [-0.39, 0.29) is 56.3 Å². The third-order valence-electron chi connectivity index (χ3n) is 8.32. The van der Waals surface area contributed by atoms with Gasteiger partial charge in [0, 0.05) is 11.1 Å². The molecule has 0 saturated carbocycles. The van der Waals surface area contributed by atoms with Crippen molar-refractivity contribution in [3.05, 3.63) is 117 Å². The maximum atomic E-state index is 13.8. The lowest BCUT2D eigenvalue weighted by Gasteiger charge is -2.23. The van der Waals surface area contributed by atoms with Crippen LogP contribution in [0.5, 0.6) is 11.5 Å². The summed E-state index contributed by atoms with van der Waals surface area (Å²) in [6, 6.07) is 19.0. The van der Waals surface area contributed by atoms with Crippen molar-refractivity contribution in [3.8, 4) is 11.5 Å². The SMILES string of the molecule is CCCCCc1ccc(C(=O)Nc2ccc(NC(=O)c3ccc(CCCCC)cc3O)c3c2C(=O)c2ccccc2C3=O)c(O)c1. The summed E-state index contributed by atoms with van der Waals surface area (Å²) in [5.41, 5.74) is 2.21. The van der Waals surface area contributed by atoms with Crippen LogP contribution in [0.15, 0.2) is 72.8 Å². The molecule has 8 heteroatoms. The number of phenolic OH excluding ortho intramolecular Hbond substituents is 2. The number of aryl methyl sites for hydroxylation is 2. The number of aromatic hydroxyl groups is 2. The van der Waals surface area contributed by atoms with Gasteiger partial charge in [0.1, 0.15) is 11.5 Å². The van der Waals surface area contributed by atoms with Gasteiger partial charge in [-0.1, -0.05) is 75.9 Å². The van der Waals surface area contributed by atoms with E-state index in [1.54, 1.807) is 48.5 Å². The molecule has 236 valence electrons. The number of nitrogens with one attached hydrogen (secondary N) is 2. The predicted octanol–water partition coefficient (Wildman–Crippen LogP) is 7.84. The molecule has 46 heavy (non-hydrogen) atoms. The van der Waals surface area contributed by atoms with Gasteiger partial charge in [-0.15, -0.1) is 0 Å². The van der Waals surface area contributed by atoms with E-state index in [1.165, 1.54) is 24.3 Å². The highest BCUT2D eigenvalue weighted by atomic mass is 16.3. The molecular formula is C38H38N2O6.